The van der Waals surface area contributed by atoms with E-state index in [0.29, 0.717) is 10.6 Å². The number of aryl methyl sites for hydroxylation is 1. The lowest BCUT2D eigenvalue weighted by atomic mass is 10.0. The number of benzene rings is 1. The molecule has 0 bridgehead atoms. The topological polar surface area (TPSA) is 62.7 Å². The van der Waals surface area contributed by atoms with Crippen molar-refractivity contribution in [1.29, 1.82) is 0 Å². The molecule has 3 rings (SSSR count). The summed E-state index contributed by atoms with van der Waals surface area (Å²) in [6, 6.07) is 11.4. The van der Waals surface area contributed by atoms with Crippen molar-refractivity contribution in [2.45, 2.75) is 32.9 Å². The van der Waals surface area contributed by atoms with Crippen molar-refractivity contribution >= 4 is 29.5 Å². The van der Waals surface area contributed by atoms with Crippen LogP contribution in [-0.2, 0) is 4.79 Å². The van der Waals surface area contributed by atoms with Gasteiger partial charge in [0.05, 0.1) is 10.9 Å². The molecule has 0 aliphatic heterocycles. The fraction of sp³-hybridized carbons (Fsp3) is 0.278. The number of hydrogen-bond donors (Lipinski definition) is 2. The van der Waals surface area contributed by atoms with E-state index in [1.807, 2.05) is 62.5 Å². The number of aromatic amines is 1. The third kappa shape index (κ3) is 3.57. The SMILES string of the molecule is Cc1ccccc1C(C)NC(=O)C(C)n1c(-c2cccs2)n[nH]c1=S. The first-order chi connectivity index (χ1) is 12.0. The van der Waals surface area contributed by atoms with Crippen molar-refractivity contribution in [3.05, 3.63) is 57.7 Å². The van der Waals surface area contributed by atoms with E-state index in [2.05, 4.69) is 15.5 Å². The third-order valence-electron chi connectivity index (χ3n) is 4.23. The number of carbonyl (C=O) groups is 1. The Hall–Kier alpha value is -2.25. The van der Waals surface area contributed by atoms with Gasteiger partial charge in [-0.05, 0) is 55.6 Å². The molecule has 7 heteroatoms. The minimum atomic E-state index is -0.463. The maximum Gasteiger partial charge on any atom is 0.243 e. The first-order valence-electron chi connectivity index (χ1n) is 8.05. The van der Waals surface area contributed by atoms with Crippen molar-refractivity contribution < 1.29 is 4.79 Å². The molecule has 0 aliphatic carbocycles. The van der Waals surface area contributed by atoms with E-state index in [-0.39, 0.29) is 11.9 Å². The van der Waals surface area contributed by atoms with E-state index in [4.69, 9.17) is 12.2 Å². The van der Waals surface area contributed by atoms with Crippen LogP contribution in [0.3, 0.4) is 0 Å². The average Bonchev–Trinajstić information content (AvgIpc) is 3.23. The highest BCUT2D eigenvalue weighted by atomic mass is 32.1. The Labute approximate surface area is 155 Å². The van der Waals surface area contributed by atoms with Crippen LogP contribution in [0.15, 0.2) is 41.8 Å². The predicted octanol–water partition coefficient (Wildman–Crippen LogP) is 4.42. The van der Waals surface area contributed by atoms with Gasteiger partial charge in [-0.2, -0.15) is 5.10 Å². The molecule has 5 nitrogen and oxygen atoms in total. The molecule has 2 aromatic heterocycles. The van der Waals surface area contributed by atoms with Crippen LogP contribution in [0.1, 0.15) is 37.1 Å². The molecule has 0 radical (unpaired) electrons. The summed E-state index contributed by atoms with van der Waals surface area (Å²) in [5.41, 5.74) is 2.26. The van der Waals surface area contributed by atoms with Crippen molar-refractivity contribution in [3.63, 3.8) is 0 Å². The number of nitrogens with zero attached hydrogens (tertiary/aromatic N) is 2. The van der Waals surface area contributed by atoms with Gasteiger partial charge in [0, 0.05) is 0 Å². The molecule has 2 atom stereocenters. The van der Waals surface area contributed by atoms with Gasteiger partial charge >= 0.3 is 0 Å². The number of aromatic nitrogens is 3. The lowest BCUT2D eigenvalue weighted by Crippen LogP contribution is -2.33. The van der Waals surface area contributed by atoms with Gasteiger partial charge in [-0.1, -0.05) is 30.3 Å². The Balaban J connectivity index is 1.83. The number of thiophene rings is 1. The molecule has 0 saturated carbocycles. The van der Waals surface area contributed by atoms with Gasteiger partial charge in [-0.25, -0.2) is 0 Å². The maximum atomic E-state index is 12.8. The Kier molecular flexibility index (Phi) is 5.15. The summed E-state index contributed by atoms with van der Waals surface area (Å²) in [5.74, 6) is 0.595. The first-order valence-corrected chi connectivity index (χ1v) is 9.34. The number of rotatable bonds is 5. The van der Waals surface area contributed by atoms with Gasteiger partial charge in [0.2, 0.25) is 5.91 Å². The maximum absolute atomic E-state index is 12.8. The van der Waals surface area contributed by atoms with Crippen molar-refractivity contribution in [2.75, 3.05) is 0 Å². The van der Waals surface area contributed by atoms with Crippen molar-refractivity contribution in [2.24, 2.45) is 0 Å². The van der Waals surface area contributed by atoms with Gasteiger partial charge in [-0.15, -0.1) is 11.3 Å². The second kappa shape index (κ2) is 7.33. The zero-order chi connectivity index (χ0) is 18.0. The number of nitrogens with one attached hydrogen (secondary N) is 2. The van der Waals surface area contributed by atoms with E-state index in [9.17, 15) is 4.79 Å². The zero-order valence-corrected chi connectivity index (χ0v) is 15.9. The van der Waals surface area contributed by atoms with Crippen molar-refractivity contribution in [3.8, 4) is 10.7 Å². The third-order valence-corrected chi connectivity index (χ3v) is 5.38. The Bertz CT molecular complexity index is 927. The summed E-state index contributed by atoms with van der Waals surface area (Å²) in [5, 5.41) is 12.1. The lowest BCUT2D eigenvalue weighted by molar-refractivity contribution is -0.124. The fourth-order valence-electron chi connectivity index (χ4n) is 2.85. The fourth-order valence-corrected chi connectivity index (χ4v) is 3.85. The van der Waals surface area contributed by atoms with Crippen molar-refractivity contribution in [1.82, 2.24) is 20.1 Å². The molecule has 2 unspecified atom stereocenters. The van der Waals surface area contributed by atoms with Crippen LogP contribution < -0.4 is 5.32 Å². The molecule has 0 aliphatic rings. The summed E-state index contributed by atoms with van der Waals surface area (Å²) in [6.45, 7) is 5.87. The quantitative estimate of drug-likeness (QED) is 0.652. The molecule has 2 N–H and O–H groups in total. The molecule has 0 fully saturated rings. The number of hydrogen-bond acceptors (Lipinski definition) is 4. The van der Waals surface area contributed by atoms with E-state index < -0.39 is 6.04 Å². The van der Waals surface area contributed by atoms with Gasteiger partial charge in [0.1, 0.15) is 6.04 Å². The van der Waals surface area contributed by atoms with Gasteiger partial charge in [0.15, 0.2) is 10.6 Å². The summed E-state index contributed by atoms with van der Waals surface area (Å²) in [7, 11) is 0. The molecule has 1 aromatic carbocycles. The molecule has 0 saturated heterocycles. The van der Waals surface area contributed by atoms with Gasteiger partial charge in [0.25, 0.3) is 0 Å². The monoisotopic (exact) mass is 372 g/mol. The Morgan fingerprint density at radius 3 is 2.72 bits per heavy atom. The number of carbonyl (C=O) groups excluding carboxylic acids is 1. The van der Waals surface area contributed by atoms with E-state index >= 15 is 0 Å². The van der Waals surface area contributed by atoms with Gasteiger partial charge in [-0.3, -0.25) is 14.5 Å². The van der Waals surface area contributed by atoms with Crippen LogP contribution in [0.5, 0.6) is 0 Å². The summed E-state index contributed by atoms with van der Waals surface area (Å²) in [6.07, 6.45) is 0. The molecule has 0 spiro atoms. The first kappa shape index (κ1) is 17.6. The van der Waals surface area contributed by atoms with Crippen LogP contribution in [0.4, 0.5) is 0 Å². The van der Waals surface area contributed by atoms with Crippen LogP contribution in [0, 0.1) is 11.7 Å². The second-order valence-corrected chi connectivity index (χ2v) is 7.30. The van der Waals surface area contributed by atoms with Crippen LogP contribution >= 0.6 is 23.6 Å². The van der Waals surface area contributed by atoms with Gasteiger partial charge < -0.3 is 5.32 Å². The average molecular weight is 373 g/mol. The molecule has 130 valence electrons. The van der Waals surface area contributed by atoms with Crippen LogP contribution in [0.2, 0.25) is 0 Å². The van der Waals surface area contributed by atoms with E-state index in [1.54, 1.807) is 15.9 Å². The predicted molar refractivity (Wildman–Crippen MR) is 103 cm³/mol. The second-order valence-electron chi connectivity index (χ2n) is 5.96. The molecule has 3 aromatic rings. The standard InChI is InChI=1S/C18H20N4OS2/c1-11-7-4-5-8-14(11)12(2)19-17(23)13(3)22-16(20-21-18(22)24)15-9-6-10-25-15/h4-10,12-13H,1-3H3,(H,19,23)(H,21,24). The van der Waals surface area contributed by atoms with E-state index in [1.165, 1.54) is 0 Å². The van der Waals surface area contributed by atoms with Crippen LogP contribution in [-0.4, -0.2) is 20.7 Å². The molecular weight excluding hydrogens is 352 g/mol. The molecule has 2 heterocycles. The number of amides is 1. The summed E-state index contributed by atoms with van der Waals surface area (Å²) in [4.78, 5) is 13.8. The van der Waals surface area contributed by atoms with Crippen LogP contribution in [0.25, 0.3) is 10.7 Å². The molecule has 1 amide bonds. The summed E-state index contributed by atoms with van der Waals surface area (Å²) >= 11 is 6.90. The summed E-state index contributed by atoms with van der Waals surface area (Å²) < 4.78 is 2.20. The number of H-pyrrole nitrogens is 1. The molecular formula is C18H20N4OS2. The largest absolute Gasteiger partial charge is 0.348 e. The normalized spacial score (nSPS) is 13.4. The smallest absolute Gasteiger partial charge is 0.243 e. The van der Waals surface area contributed by atoms with E-state index in [0.717, 1.165) is 16.0 Å². The highest BCUT2D eigenvalue weighted by Gasteiger charge is 2.23. The minimum absolute atomic E-state index is 0.0811. The highest BCUT2D eigenvalue weighted by Crippen LogP contribution is 2.26. The lowest BCUT2D eigenvalue weighted by Gasteiger charge is -2.20. The highest BCUT2D eigenvalue weighted by molar-refractivity contribution is 7.71. The molecule has 25 heavy (non-hydrogen) atoms. The Morgan fingerprint density at radius 1 is 1.28 bits per heavy atom. The minimum Gasteiger partial charge on any atom is -0.348 e. The zero-order valence-electron chi connectivity index (χ0n) is 14.3. The Morgan fingerprint density at radius 2 is 2.04 bits per heavy atom.